The zero-order valence-corrected chi connectivity index (χ0v) is 21.5. The number of aromatic nitrogens is 5. The molecule has 0 radical (unpaired) electrons. The van der Waals surface area contributed by atoms with Crippen LogP contribution in [-0.2, 0) is 0 Å². The normalized spacial score (nSPS) is 15.4. The molecule has 38 heavy (non-hydrogen) atoms. The molecule has 0 atom stereocenters. The molecular formula is C26H31FN10O. The highest BCUT2D eigenvalue weighted by atomic mass is 19.1. The predicted octanol–water partition coefficient (Wildman–Crippen LogP) is 2.94. The van der Waals surface area contributed by atoms with Gasteiger partial charge in [0.2, 0.25) is 17.8 Å². The fourth-order valence-electron chi connectivity index (χ4n) is 4.15. The molecule has 0 saturated carbocycles. The largest absolute Gasteiger partial charge is 0.404 e. The summed E-state index contributed by atoms with van der Waals surface area (Å²) in [6, 6.07) is 4.74. The molecule has 2 aliphatic heterocycles. The number of nitrogens with one attached hydrogen (secondary N) is 1. The third kappa shape index (κ3) is 6.07. The van der Waals surface area contributed by atoms with Gasteiger partial charge in [-0.05, 0) is 31.0 Å². The number of rotatable bonds is 6. The molecule has 0 spiro atoms. The Morgan fingerprint density at radius 1 is 1.00 bits per heavy atom. The van der Waals surface area contributed by atoms with Crippen LogP contribution in [0.25, 0.3) is 5.57 Å². The van der Waals surface area contributed by atoms with Gasteiger partial charge in [-0.2, -0.15) is 4.39 Å². The Labute approximate surface area is 220 Å². The van der Waals surface area contributed by atoms with Crippen molar-refractivity contribution in [3.63, 3.8) is 0 Å². The van der Waals surface area contributed by atoms with Crippen LogP contribution < -0.4 is 20.9 Å². The van der Waals surface area contributed by atoms with Crippen molar-refractivity contribution >= 4 is 34.8 Å². The maximum Gasteiger partial charge on any atom is 0.260 e. The first kappa shape index (κ1) is 26.6. The van der Waals surface area contributed by atoms with Crippen LogP contribution in [0, 0.1) is 5.95 Å². The van der Waals surface area contributed by atoms with Crippen molar-refractivity contribution < 1.29 is 9.18 Å². The number of allylic oxidation sites excluding steroid dienone is 1. The summed E-state index contributed by atoms with van der Waals surface area (Å²) in [5, 5.41) is 2.63. The molecule has 3 aromatic rings. The number of pyridine rings is 1. The van der Waals surface area contributed by atoms with Gasteiger partial charge >= 0.3 is 0 Å². The number of nitrogens with two attached hydrogens (primary N) is 1. The lowest BCUT2D eigenvalue weighted by molar-refractivity contribution is 0.102. The number of nitrogens with zero attached hydrogens (tertiary/aromatic N) is 8. The topological polar surface area (TPSA) is 138 Å². The number of hydrogen-bond donors (Lipinski definition) is 2. The molecular weight excluding hydrogens is 487 g/mol. The molecule has 1 amide bonds. The van der Waals surface area contributed by atoms with E-state index in [-0.39, 0.29) is 5.56 Å². The fourth-order valence-corrected chi connectivity index (χ4v) is 4.15. The summed E-state index contributed by atoms with van der Waals surface area (Å²) < 4.78 is 14.7. The minimum Gasteiger partial charge on any atom is -0.404 e. The van der Waals surface area contributed by atoms with Crippen LogP contribution in [0.15, 0.2) is 54.2 Å². The highest BCUT2D eigenvalue weighted by Crippen LogP contribution is 2.22. The number of halogens is 1. The first-order valence-corrected chi connectivity index (χ1v) is 12.6. The van der Waals surface area contributed by atoms with Crippen LogP contribution in [0.5, 0.6) is 0 Å². The number of hydrogen-bond acceptors (Lipinski definition) is 10. The van der Waals surface area contributed by atoms with Gasteiger partial charge in [0, 0.05) is 62.6 Å². The van der Waals surface area contributed by atoms with E-state index >= 15 is 0 Å². The van der Waals surface area contributed by atoms with Gasteiger partial charge in [0.15, 0.2) is 0 Å². The van der Waals surface area contributed by atoms with E-state index in [0.29, 0.717) is 41.9 Å². The second-order valence-corrected chi connectivity index (χ2v) is 8.30. The molecule has 1 fully saturated rings. The van der Waals surface area contributed by atoms with Gasteiger partial charge in [0.05, 0.1) is 29.3 Å². The van der Waals surface area contributed by atoms with Crippen LogP contribution in [0.4, 0.5) is 22.0 Å². The average molecular weight is 519 g/mol. The predicted molar refractivity (Wildman–Crippen MR) is 146 cm³/mol. The smallest absolute Gasteiger partial charge is 0.260 e. The summed E-state index contributed by atoms with van der Waals surface area (Å²) in [7, 11) is 0. The van der Waals surface area contributed by atoms with Crippen LogP contribution in [0.3, 0.4) is 0 Å². The lowest BCUT2D eigenvalue weighted by Crippen LogP contribution is -2.47. The van der Waals surface area contributed by atoms with Crippen molar-refractivity contribution in [3.05, 3.63) is 66.4 Å². The van der Waals surface area contributed by atoms with Crippen LogP contribution >= 0.6 is 0 Å². The number of carbonyl (C=O) groups is 1. The number of amides is 1. The number of anilines is 3. The zero-order chi connectivity index (χ0) is 26.9. The third-order valence-electron chi connectivity index (χ3n) is 6.01. The van der Waals surface area contributed by atoms with Gasteiger partial charge < -0.3 is 20.9 Å². The quantitative estimate of drug-likeness (QED) is 0.472. The van der Waals surface area contributed by atoms with Gasteiger partial charge in [0.25, 0.3) is 5.91 Å². The van der Waals surface area contributed by atoms with Crippen molar-refractivity contribution in [2.75, 3.05) is 47.8 Å². The molecule has 0 bridgehead atoms. The second-order valence-electron chi connectivity index (χ2n) is 8.30. The number of aliphatic imine (C=N–C) groups is 1. The average Bonchev–Trinajstić information content (AvgIpc) is 3.50. The monoisotopic (exact) mass is 518 g/mol. The maximum atomic E-state index is 14.7. The molecule has 1 saturated heterocycles. The molecule has 0 unspecified atom stereocenters. The van der Waals surface area contributed by atoms with E-state index in [0.717, 1.165) is 38.2 Å². The molecule has 5 rings (SSSR count). The Kier molecular flexibility index (Phi) is 8.85. The summed E-state index contributed by atoms with van der Waals surface area (Å²) in [5.41, 5.74) is 7.62. The highest BCUT2D eigenvalue weighted by molar-refractivity contribution is 6.23. The van der Waals surface area contributed by atoms with Gasteiger partial charge in [-0.15, -0.1) is 0 Å². The summed E-state index contributed by atoms with van der Waals surface area (Å²) >= 11 is 0. The van der Waals surface area contributed by atoms with Crippen molar-refractivity contribution in [2.45, 2.75) is 26.7 Å². The third-order valence-corrected chi connectivity index (χ3v) is 6.01. The molecule has 12 heteroatoms. The zero-order valence-electron chi connectivity index (χ0n) is 21.5. The molecule has 11 nitrogen and oxygen atoms in total. The Bertz CT molecular complexity index is 1290. The molecule has 0 aliphatic carbocycles. The second kappa shape index (κ2) is 12.7. The Balaban J connectivity index is 0.00000164. The van der Waals surface area contributed by atoms with Crippen LogP contribution in [0.2, 0.25) is 0 Å². The summed E-state index contributed by atoms with van der Waals surface area (Å²) in [6.07, 6.45) is 9.51. The molecule has 3 N–H and O–H groups in total. The van der Waals surface area contributed by atoms with Crippen LogP contribution in [-0.4, -0.2) is 69.3 Å². The lowest BCUT2D eigenvalue weighted by Gasteiger charge is -2.34. The van der Waals surface area contributed by atoms with E-state index in [4.69, 9.17) is 5.73 Å². The van der Waals surface area contributed by atoms with Crippen molar-refractivity contribution in [1.82, 2.24) is 24.9 Å². The summed E-state index contributed by atoms with van der Waals surface area (Å²) in [6.45, 7) is 7.61. The number of piperazine rings is 1. The standard InChI is InChI=1S/C24H25FN10O.C2H6/c25-21-17(4-5-20(33-21)18(13-26)19-3-1-6-27-19)22(36)32-16-14-30-24(31-15-16)35-11-9-34(10-12-35)23-28-7-2-8-29-23;1-2/h2,4-5,7-8,13-15H,1,3,6,9-12,26H2,(H,32,36);1-2H3/b18-13+;. The molecule has 198 valence electrons. The molecule has 0 aromatic carbocycles. The van der Waals surface area contributed by atoms with Gasteiger partial charge in [-0.25, -0.2) is 24.9 Å². The Hall–Kier alpha value is -4.48. The maximum absolute atomic E-state index is 14.7. The van der Waals surface area contributed by atoms with E-state index in [1.807, 2.05) is 18.7 Å². The molecule has 5 heterocycles. The van der Waals surface area contributed by atoms with Gasteiger partial charge in [-0.1, -0.05) is 13.8 Å². The molecule has 3 aromatic heterocycles. The van der Waals surface area contributed by atoms with E-state index in [1.165, 1.54) is 24.7 Å². The first-order valence-electron chi connectivity index (χ1n) is 12.6. The highest BCUT2D eigenvalue weighted by Gasteiger charge is 2.22. The SMILES string of the molecule is CC.N/C=C(\C1=NCCC1)c1ccc(C(=O)Nc2cnc(N3CCN(c4ncccn4)CC3)nc2)c(F)n1. The lowest BCUT2D eigenvalue weighted by atomic mass is 10.0. The summed E-state index contributed by atoms with van der Waals surface area (Å²) in [4.78, 5) is 42.5. The van der Waals surface area contributed by atoms with Crippen molar-refractivity contribution in [2.24, 2.45) is 10.7 Å². The Morgan fingerprint density at radius 3 is 2.18 bits per heavy atom. The van der Waals surface area contributed by atoms with Crippen molar-refractivity contribution in [1.29, 1.82) is 0 Å². The van der Waals surface area contributed by atoms with Crippen molar-refractivity contribution in [3.8, 4) is 0 Å². The Morgan fingerprint density at radius 2 is 1.63 bits per heavy atom. The van der Waals surface area contributed by atoms with E-state index in [2.05, 4.69) is 40.1 Å². The minimum atomic E-state index is -0.888. The first-order chi connectivity index (χ1) is 18.6. The van der Waals surface area contributed by atoms with E-state index < -0.39 is 11.9 Å². The minimum absolute atomic E-state index is 0.188. The molecule has 2 aliphatic rings. The van der Waals surface area contributed by atoms with E-state index in [1.54, 1.807) is 24.5 Å². The fraction of sp³-hybridized carbons (Fsp3) is 0.346. The number of carbonyl (C=O) groups excluding carboxylic acids is 1. The van der Waals surface area contributed by atoms with Gasteiger partial charge in [0.1, 0.15) is 0 Å². The summed E-state index contributed by atoms with van der Waals surface area (Å²) in [5.74, 6) is -0.278. The van der Waals surface area contributed by atoms with E-state index in [9.17, 15) is 9.18 Å². The van der Waals surface area contributed by atoms with Crippen LogP contribution in [0.1, 0.15) is 42.7 Å². The van der Waals surface area contributed by atoms with Gasteiger partial charge in [-0.3, -0.25) is 9.79 Å².